The maximum Gasteiger partial charge on any atom is 0.243 e. The fraction of sp³-hybridized carbons (Fsp3) is 0.333. The molecule has 1 unspecified atom stereocenters. The summed E-state index contributed by atoms with van der Waals surface area (Å²) in [4.78, 5) is -0.0256. The van der Waals surface area contributed by atoms with Crippen molar-refractivity contribution in [1.29, 1.82) is 0 Å². The third kappa shape index (κ3) is 4.58. The Morgan fingerprint density at radius 1 is 0.929 bits per heavy atom. The average molecular weight is 429 g/mol. The van der Waals surface area contributed by atoms with Crippen LogP contribution in [0.25, 0.3) is 0 Å². The Kier molecular flexibility index (Phi) is 6.15. The van der Waals surface area contributed by atoms with E-state index in [9.17, 15) is 21.2 Å². The van der Waals surface area contributed by atoms with Gasteiger partial charge >= 0.3 is 0 Å². The van der Waals surface area contributed by atoms with Crippen molar-refractivity contribution >= 4 is 20.0 Å². The van der Waals surface area contributed by atoms with Gasteiger partial charge in [-0.25, -0.2) is 25.9 Å². The van der Waals surface area contributed by atoms with E-state index in [4.69, 9.17) is 4.74 Å². The number of benzene rings is 2. The van der Waals surface area contributed by atoms with E-state index in [0.29, 0.717) is 18.8 Å². The lowest BCUT2D eigenvalue weighted by atomic mass is 10.1. The number of nitrogens with one attached hydrogen (secondary N) is 1. The summed E-state index contributed by atoms with van der Waals surface area (Å²) in [6.45, 7) is 2.83. The predicted octanol–water partition coefficient (Wildman–Crippen LogP) is 1.89. The molecular formula is C18H21FN2O5S2. The number of hydrogen-bond donors (Lipinski definition) is 1. The van der Waals surface area contributed by atoms with Crippen LogP contribution in [0.2, 0.25) is 0 Å². The molecule has 1 saturated heterocycles. The Labute approximate surface area is 164 Å². The van der Waals surface area contributed by atoms with Crippen molar-refractivity contribution in [2.75, 3.05) is 26.3 Å². The van der Waals surface area contributed by atoms with Gasteiger partial charge in [-0.15, -0.1) is 0 Å². The zero-order chi connectivity index (χ0) is 20.4. The lowest BCUT2D eigenvalue weighted by Gasteiger charge is -2.26. The molecule has 7 nitrogen and oxygen atoms in total. The third-order valence-corrected chi connectivity index (χ3v) is 7.91. The Hall–Kier alpha value is -1.85. The van der Waals surface area contributed by atoms with E-state index in [0.717, 1.165) is 0 Å². The Morgan fingerprint density at radius 3 is 2.04 bits per heavy atom. The summed E-state index contributed by atoms with van der Waals surface area (Å²) in [5.41, 5.74) is 0.608. The van der Waals surface area contributed by atoms with E-state index in [2.05, 4.69) is 4.72 Å². The van der Waals surface area contributed by atoms with Gasteiger partial charge in [0.05, 0.1) is 23.0 Å². The van der Waals surface area contributed by atoms with E-state index < -0.39 is 31.9 Å². The number of morpholine rings is 1. The summed E-state index contributed by atoms with van der Waals surface area (Å²) in [5.74, 6) is -0.407. The fourth-order valence-corrected chi connectivity index (χ4v) is 5.49. The van der Waals surface area contributed by atoms with Crippen molar-refractivity contribution < 1.29 is 26.0 Å². The van der Waals surface area contributed by atoms with Gasteiger partial charge in [0, 0.05) is 19.1 Å². The standard InChI is InChI=1S/C18H21FN2O5S2/c1-14(15-2-4-16(19)5-3-15)20-27(22,23)17-6-8-18(9-7-17)28(24,25)21-10-12-26-13-11-21/h2-9,14,20H,10-13H2,1H3. The van der Waals surface area contributed by atoms with Gasteiger partial charge in [-0.1, -0.05) is 12.1 Å². The maximum atomic E-state index is 13.0. The quantitative estimate of drug-likeness (QED) is 0.759. The molecule has 1 aliphatic rings. The Morgan fingerprint density at radius 2 is 1.46 bits per heavy atom. The van der Waals surface area contributed by atoms with Crippen LogP contribution in [-0.4, -0.2) is 47.4 Å². The molecule has 1 atom stereocenters. The highest BCUT2D eigenvalue weighted by atomic mass is 32.2. The normalized spacial score (nSPS) is 17.4. The van der Waals surface area contributed by atoms with Crippen molar-refractivity contribution in [3.8, 4) is 0 Å². The molecule has 2 aromatic rings. The fourth-order valence-electron chi connectivity index (χ4n) is 2.85. The first-order valence-electron chi connectivity index (χ1n) is 8.66. The minimum Gasteiger partial charge on any atom is -0.379 e. The molecule has 0 saturated carbocycles. The molecule has 0 bridgehead atoms. The molecule has 152 valence electrons. The molecule has 2 aromatic carbocycles. The van der Waals surface area contributed by atoms with Crippen molar-refractivity contribution in [2.24, 2.45) is 0 Å². The van der Waals surface area contributed by atoms with E-state index >= 15 is 0 Å². The summed E-state index contributed by atoms with van der Waals surface area (Å²) in [5, 5.41) is 0. The lowest BCUT2D eigenvalue weighted by Crippen LogP contribution is -2.40. The first-order chi connectivity index (χ1) is 13.2. The van der Waals surface area contributed by atoms with Gasteiger partial charge in [-0.05, 0) is 48.9 Å². The molecule has 1 heterocycles. The second kappa shape index (κ2) is 8.26. The van der Waals surface area contributed by atoms with E-state index in [1.54, 1.807) is 6.92 Å². The Bertz CT molecular complexity index is 1020. The minimum atomic E-state index is -3.88. The third-order valence-electron chi connectivity index (χ3n) is 4.44. The maximum absolute atomic E-state index is 13.0. The molecule has 0 amide bonds. The number of sulfonamides is 2. The van der Waals surface area contributed by atoms with Gasteiger partial charge in [0.1, 0.15) is 5.82 Å². The Balaban J connectivity index is 1.77. The van der Waals surface area contributed by atoms with Crippen LogP contribution in [-0.2, 0) is 24.8 Å². The number of nitrogens with zero attached hydrogens (tertiary/aromatic N) is 1. The summed E-state index contributed by atoms with van der Waals surface area (Å²) in [6, 6.07) is 10.0. The van der Waals surface area contributed by atoms with Crippen LogP contribution in [0.3, 0.4) is 0 Å². The van der Waals surface area contributed by atoms with Gasteiger partial charge in [-0.2, -0.15) is 4.31 Å². The lowest BCUT2D eigenvalue weighted by molar-refractivity contribution is 0.0730. The van der Waals surface area contributed by atoms with E-state index in [1.807, 2.05) is 0 Å². The van der Waals surface area contributed by atoms with Gasteiger partial charge in [-0.3, -0.25) is 0 Å². The summed E-state index contributed by atoms with van der Waals surface area (Å²) in [6.07, 6.45) is 0. The van der Waals surface area contributed by atoms with Crippen LogP contribution < -0.4 is 4.72 Å². The van der Waals surface area contributed by atoms with Crippen LogP contribution in [0, 0.1) is 5.82 Å². The molecule has 10 heteroatoms. The molecule has 0 aliphatic carbocycles. The highest BCUT2D eigenvalue weighted by Crippen LogP contribution is 2.21. The van der Waals surface area contributed by atoms with Crippen molar-refractivity contribution in [3.63, 3.8) is 0 Å². The predicted molar refractivity (Wildman–Crippen MR) is 101 cm³/mol. The number of hydrogen-bond acceptors (Lipinski definition) is 5. The van der Waals surface area contributed by atoms with E-state index in [1.165, 1.54) is 52.8 Å². The minimum absolute atomic E-state index is 0.0277. The van der Waals surface area contributed by atoms with Crippen LogP contribution in [0.4, 0.5) is 4.39 Å². The zero-order valence-electron chi connectivity index (χ0n) is 15.2. The molecule has 0 spiro atoms. The summed E-state index contributed by atoms with van der Waals surface area (Å²) < 4.78 is 72.4. The van der Waals surface area contributed by atoms with Crippen LogP contribution in [0.1, 0.15) is 18.5 Å². The van der Waals surface area contributed by atoms with E-state index in [-0.39, 0.29) is 22.9 Å². The van der Waals surface area contributed by atoms with Crippen molar-refractivity contribution in [3.05, 3.63) is 59.9 Å². The number of ether oxygens (including phenoxy) is 1. The molecular weight excluding hydrogens is 407 g/mol. The van der Waals surface area contributed by atoms with Crippen LogP contribution in [0.15, 0.2) is 58.3 Å². The number of rotatable bonds is 6. The molecule has 3 rings (SSSR count). The highest BCUT2D eigenvalue weighted by Gasteiger charge is 2.27. The van der Waals surface area contributed by atoms with Gasteiger partial charge in [0.2, 0.25) is 20.0 Å². The molecule has 0 radical (unpaired) electrons. The average Bonchev–Trinajstić information content (AvgIpc) is 2.69. The molecule has 1 N–H and O–H groups in total. The zero-order valence-corrected chi connectivity index (χ0v) is 16.8. The van der Waals surface area contributed by atoms with Gasteiger partial charge in [0.25, 0.3) is 0 Å². The largest absolute Gasteiger partial charge is 0.379 e. The molecule has 0 aromatic heterocycles. The molecule has 28 heavy (non-hydrogen) atoms. The molecule has 1 aliphatic heterocycles. The van der Waals surface area contributed by atoms with Crippen molar-refractivity contribution in [2.45, 2.75) is 22.8 Å². The van der Waals surface area contributed by atoms with Gasteiger partial charge < -0.3 is 4.74 Å². The monoisotopic (exact) mass is 428 g/mol. The summed E-state index contributed by atoms with van der Waals surface area (Å²) >= 11 is 0. The highest BCUT2D eigenvalue weighted by molar-refractivity contribution is 7.89. The second-order valence-electron chi connectivity index (χ2n) is 6.38. The van der Waals surface area contributed by atoms with Gasteiger partial charge in [0.15, 0.2) is 0 Å². The first kappa shape index (κ1) is 20.9. The number of halogens is 1. The van der Waals surface area contributed by atoms with Crippen LogP contribution >= 0.6 is 0 Å². The van der Waals surface area contributed by atoms with Crippen molar-refractivity contribution in [1.82, 2.24) is 9.03 Å². The first-order valence-corrected chi connectivity index (χ1v) is 11.6. The molecule has 1 fully saturated rings. The SMILES string of the molecule is CC(NS(=O)(=O)c1ccc(S(=O)(=O)N2CCOCC2)cc1)c1ccc(F)cc1. The van der Waals surface area contributed by atoms with Crippen LogP contribution in [0.5, 0.6) is 0 Å². The topological polar surface area (TPSA) is 92.8 Å². The summed E-state index contributed by atoms with van der Waals surface area (Å²) in [7, 11) is -7.57. The second-order valence-corrected chi connectivity index (χ2v) is 10.0. The smallest absolute Gasteiger partial charge is 0.243 e.